The van der Waals surface area contributed by atoms with Gasteiger partial charge in [0.25, 0.3) is 0 Å². The summed E-state index contributed by atoms with van der Waals surface area (Å²) in [5.74, 6) is 0.399. The Kier molecular flexibility index (Phi) is 4.87. The number of hydrogen-bond acceptors (Lipinski definition) is 6. The molecule has 0 radical (unpaired) electrons. The molecule has 2 heterocycles. The first kappa shape index (κ1) is 20.5. The summed E-state index contributed by atoms with van der Waals surface area (Å²) >= 11 is 0. The second-order valence-corrected chi connectivity index (χ2v) is 9.82. The lowest BCUT2D eigenvalue weighted by atomic mass is 10.1. The minimum Gasteiger partial charge on any atom is -0.383 e. The van der Waals surface area contributed by atoms with Crippen LogP contribution in [0.5, 0.6) is 0 Å². The van der Waals surface area contributed by atoms with E-state index in [4.69, 9.17) is 11.5 Å². The van der Waals surface area contributed by atoms with Crippen molar-refractivity contribution in [3.05, 3.63) is 66.4 Å². The smallest absolute Gasteiger partial charge is 0.244 e. The average Bonchev–Trinajstić information content (AvgIpc) is 3.52. The molecule has 1 aliphatic rings. The van der Waals surface area contributed by atoms with E-state index in [-0.39, 0.29) is 22.8 Å². The van der Waals surface area contributed by atoms with E-state index < -0.39 is 10.0 Å². The molecule has 1 saturated carbocycles. The van der Waals surface area contributed by atoms with Crippen molar-refractivity contribution in [1.82, 2.24) is 19.3 Å². The summed E-state index contributed by atoms with van der Waals surface area (Å²) in [6.45, 7) is 2.07. The molecule has 0 amide bonds. The topological polar surface area (TPSA) is 129 Å². The molecule has 1 aliphatic carbocycles. The molecule has 8 nitrogen and oxygen atoms in total. The fourth-order valence-electron chi connectivity index (χ4n) is 3.89. The summed E-state index contributed by atoms with van der Waals surface area (Å²) in [7, 11) is -3.73. The number of rotatable bonds is 6. The van der Waals surface area contributed by atoms with Gasteiger partial charge in [-0.25, -0.2) is 23.1 Å². The highest BCUT2D eigenvalue weighted by Crippen LogP contribution is 2.32. The van der Waals surface area contributed by atoms with Gasteiger partial charge in [0.1, 0.15) is 10.7 Å². The highest BCUT2D eigenvalue weighted by Gasteiger charge is 2.29. The summed E-state index contributed by atoms with van der Waals surface area (Å²) in [5.41, 5.74) is 16.4. The van der Waals surface area contributed by atoms with Crippen LogP contribution in [0.3, 0.4) is 0 Å². The Hall–Kier alpha value is -3.43. The molecule has 4 aromatic rings. The largest absolute Gasteiger partial charge is 0.383 e. The fraction of sp³-hybridized carbons (Fsp3) is 0.217. The molecule has 0 aliphatic heterocycles. The van der Waals surface area contributed by atoms with Gasteiger partial charge < -0.3 is 16.0 Å². The van der Waals surface area contributed by atoms with Gasteiger partial charge in [0.15, 0.2) is 0 Å². The second-order valence-electron chi connectivity index (χ2n) is 8.13. The Bertz CT molecular complexity index is 1410. The van der Waals surface area contributed by atoms with Gasteiger partial charge in [0, 0.05) is 17.8 Å². The molecule has 164 valence electrons. The number of sulfonamides is 1. The molecule has 5 N–H and O–H groups in total. The van der Waals surface area contributed by atoms with Gasteiger partial charge >= 0.3 is 0 Å². The first-order valence-electron chi connectivity index (χ1n) is 10.4. The van der Waals surface area contributed by atoms with E-state index in [0.717, 1.165) is 35.0 Å². The number of nitrogens with zero attached hydrogens (tertiary/aromatic N) is 3. The number of fused-ring (bicyclic) bond motifs is 1. The van der Waals surface area contributed by atoms with E-state index in [2.05, 4.69) is 21.6 Å². The summed E-state index contributed by atoms with van der Waals surface area (Å²) < 4.78 is 30.1. The second kappa shape index (κ2) is 7.61. The van der Waals surface area contributed by atoms with Crippen LogP contribution in [0.4, 0.5) is 11.8 Å². The standard InChI is InChI=1S/C23H24N6O2S/c1-14(15-5-3-2-4-6-15)29-20-11-16(7-10-19(20)27-23(29)25)17-12-21(22(24)26-13-17)32(30,31)28-18-8-9-18/h2-7,10-14,18,28H,8-9H2,1H3,(H2,24,26)(H2,25,27). The molecule has 2 aromatic carbocycles. The molecule has 32 heavy (non-hydrogen) atoms. The van der Waals surface area contributed by atoms with Crippen molar-refractivity contribution in [2.45, 2.75) is 36.7 Å². The summed E-state index contributed by atoms with van der Waals surface area (Å²) in [4.78, 5) is 8.65. The van der Waals surface area contributed by atoms with Crippen LogP contribution in [0.1, 0.15) is 31.4 Å². The molecular weight excluding hydrogens is 424 g/mol. The lowest BCUT2D eigenvalue weighted by molar-refractivity contribution is 0.581. The Morgan fingerprint density at radius 2 is 1.81 bits per heavy atom. The predicted octanol–water partition coefficient (Wildman–Crippen LogP) is 3.31. The zero-order valence-corrected chi connectivity index (χ0v) is 18.4. The first-order chi connectivity index (χ1) is 15.3. The molecule has 1 unspecified atom stereocenters. The van der Waals surface area contributed by atoms with Gasteiger partial charge in [-0.2, -0.15) is 0 Å². The molecule has 0 bridgehead atoms. The van der Waals surface area contributed by atoms with E-state index in [1.807, 2.05) is 53.1 Å². The van der Waals surface area contributed by atoms with Gasteiger partial charge in [-0.05, 0) is 49.1 Å². The minimum atomic E-state index is -3.73. The monoisotopic (exact) mass is 448 g/mol. The van der Waals surface area contributed by atoms with Gasteiger partial charge in [0.05, 0.1) is 17.1 Å². The quantitative estimate of drug-likeness (QED) is 0.415. The number of nitrogen functional groups attached to an aromatic ring is 2. The van der Waals surface area contributed by atoms with E-state index in [1.54, 1.807) is 12.3 Å². The van der Waals surface area contributed by atoms with Crippen molar-refractivity contribution in [2.24, 2.45) is 0 Å². The molecule has 1 fully saturated rings. The summed E-state index contributed by atoms with van der Waals surface area (Å²) in [6, 6.07) is 17.3. The fourth-order valence-corrected chi connectivity index (χ4v) is 5.30. The van der Waals surface area contributed by atoms with Crippen molar-refractivity contribution in [1.29, 1.82) is 0 Å². The highest BCUT2D eigenvalue weighted by molar-refractivity contribution is 7.89. The Morgan fingerprint density at radius 3 is 2.53 bits per heavy atom. The number of pyridine rings is 1. The molecular formula is C23H24N6O2S. The third kappa shape index (κ3) is 3.69. The van der Waals surface area contributed by atoms with Crippen molar-refractivity contribution >= 4 is 32.8 Å². The maximum Gasteiger partial charge on any atom is 0.244 e. The third-order valence-electron chi connectivity index (χ3n) is 5.79. The van der Waals surface area contributed by atoms with E-state index in [0.29, 0.717) is 11.5 Å². The van der Waals surface area contributed by atoms with Crippen LogP contribution in [-0.4, -0.2) is 29.0 Å². The Morgan fingerprint density at radius 1 is 1.06 bits per heavy atom. The number of aromatic nitrogens is 3. The molecule has 9 heteroatoms. The van der Waals surface area contributed by atoms with E-state index in [9.17, 15) is 8.42 Å². The lowest BCUT2D eigenvalue weighted by Crippen LogP contribution is -2.26. The Labute approximate surface area is 186 Å². The van der Waals surface area contributed by atoms with Crippen molar-refractivity contribution in [2.75, 3.05) is 11.5 Å². The maximum absolute atomic E-state index is 12.7. The van der Waals surface area contributed by atoms with Crippen LogP contribution in [0, 0.1) is 0 Å². The van der Waals surface area contributed by atoms with Crippen molar-refractivity contribution < 1.29 is 8.42 Å². The highest BCUT2D eigenvalue weighted by atomic mass is 32.2. The summed E-state index contributed by atoms with van der Waals surface area (Å²) in [5, 5.41) is 0. The molecule has 0 saturated heterocycles. The SMILES string of the molecule is CC(c1ccccc1)n1c(N)nc2ccc(-c3cnc(N)c(S(=O)(=O)NC4CC4)c3)cc21. The van der Waals surface area contributed by atoms with Crippen LogP contribution in [-0.2, 0) is 10.0 Å². The number of nitrogens with two attached hydrogens (primary N) is 2. The van der Waals surface area contributed by atoms with Gasteiger partial charge in [-0.3, -0.25) is 0 Å². The van der Waals surface area contributed by atoms with Crippen LogP contribution < -0.4 is 16.2 Å². The van der Waals surface area contributed by atoms with Crippen molar-refractivity contribution in [3.8, 4) is 11.1 Å². The molecule has 5 rings (SSSR count). The zero-order valence-electron chi connectivity index (χ0n) is 17.6. The summed E-state index contributed by atoms with van der Waals surface area (Å²) in [6.07, 6.45) is 3.26. The van der Waals surface area contributed by atoms with Crippen LogP contribution in [0.15, 0.2) is 65.7 Å². The van der Waals surface area contributed by atoms with Crippen LogP contribution >= 0.6 is 0 Å². The zero-order chi connectivity index (χ0) is 22.5. The molecule has 0 spiro atoms. The number of benzene rings is 2. The number of anilines is 2. The minimum absolute atomic E-state index is 0.00679. The predicted molar refractivity (Wildman–Crippen MR) is 125 cm³/mol. The molecule has 2 aromatic heterocycles. The van der Waals surface area contributed by atoms with Crippen LogP contribution in [0.25, 0.3) is 22.2 Å². The third-order valence-corrected chi connectivity index (χ3v) is 7.34. The van der Waals surface area contributed by atoms with Gasteiger partial charge in [0.2, 0.25) is 16.0 Å². The Balaban J connectivity index is 1.59. The van der Waals surface area contributed by atoms with E-state index in [1.165, 1.54) is 0 Å². The van der Waals surface area contributed by atoms with Crippen LogP contribution in [0.2, 0.25) is 0 Å². The van der Waals surface area contributed by atoms with Gasteiger partial charge in [-0.1, -0.05) is 36.4 Å². The van der Waals surface area contributed by atoms with Gasteiger partial charge in [-0.15, -0.1) is 0 Å². The lowest BCUT2D eigenvalue weighted by Gasteiger charge is -2.17. The maximum atomic E-state index is 12.7. The number of hydrogen-bond donors (Lipinski definition) is 3. The average molecular weight is 449 g/mol. The van der Waals surface area contributed by atoms with E-state index >= 15 is 0 Å². The number of imidazole rings is 1. The van der Waals surface area contributed by atoms with Crippen molar-refractivity contribution in [3.63, 3.8) is 0 Å². The normalized spacial score (nSPS) is 15.2. The molecule has 1 atom stereocenters. The first-order valence-corrected chi connectivity index (χ1v) is 11.9. The number of nitrogens with one attached hydrogen (secondary N) is 1.